The number of fused-ring (bicyclic) bond motifs is 1. The Morgan fingerprint density at radius 1 is 1.50 bits per heavy atom. The fraction of sp³-hybridized carbons (Fsp3) is 0.571. The number of rotatable bonds is 3. The Kier molecular flexibility index (Phi) is 3.75. The number of hydrogen-bond donors (Lipinski definition) is 3. The van der Waals surface area contributed by atoms with Crippen LogP contribution >= 0.6 is 0 Å². The molecule has 1 aliphatic rings. The molecule has 0 aliphatic carbocycles. The zero-order valence-electron chi connectivity index (χ0n) is 12.3. The summed E-state index contributed by atoms with van der Waals surface area (Å²) in [6.45, 7) is 3.59. The maximum Gasteiger partial charge on any atom is 0.154 e. The molecule has 0 amide bonds. The highest BCUT2D eigenvalue weighted by Gasteiger charge is 2.45. The molecule has 0 radical (unpaired) electrons. The molecule has 120 valence electrons. The molecule has 5 atom stereocenters. The standard InChI is InChI=1S/C14H19FN4O3/c1-3-8(20)11-10(21)6(2)14(22-11)19-4-7(15)9-12(16)17-5-18-13(9)19/h4-6,8,10-11,14,20-21H,3H2,1-2H3,(H2,16,17,18)/t6-,8+,10-,11+,14+/m0/s1. The Bertz CT molecular complexity index is 692. The SMILES string of the molecule is CC[C@@H](O)[C@H]1O[C@@H](n2cc(F)c3c(N)ncnc32)[C@@H](C)[C@@H]1O. The highest BCUT2D eigenvalue weighted by Crippen LogP contribution is 2.39. The third kappa shape index (κ3) is 2.15. The summed E-state index contributed by atoms with van der Waals surface area (Å²) in [5.41, 5.74) is 6.00. The Balaban J connectivity index is 2.03. The predicted molar refractivity (Wildman–Crippen MR) is 77.3 cm³/mol. The highest BCUT2D eigenvalue weighted by molar-refractivity contribution is 5.86. The van der Waals surface area contributed by atoms with Gasteiger partial charge < -0.3 is 25.3 Å². The van der Waals surface area contributed by atoms with Crippen LogP contribution in [-0.4, -0.2) is 43.1 Å². The second-order valence-corrected chi connectivity index (χ2v) is 5.66. The number of anilines is 1. The van der Waals surface area contributed by atoms with E-state index in [-0.39, 0.29) is 17.1 Å². The fourth-order valence-corrected chi connectivity index (χ4v) is 2.96. The van der Waals surface area contributed by atoms with Crippen molar-refractivity contribution in [3.63, 3.8) is 0 Å². The quantitative estimate of drug-likeness (QED) is 0.775. The molecule has 4 N–H and O–H groups in total. The molecule has 8 heteroatoms. The lowest BCUT2D eigenvalue weighted by Gasteiger charge is -2.20. The fourth-order valence-electron chi connectivity index (χ4n) is 2.96. The molecule has 0 aromatic carbocycles. The molecule has 0 unspecified atom stereocenters. The second-order valence-electron chi connectivity index (χ2n) is 5.66. The van der Waals surface area contributed by atoms with Crippen LogP contribution in [0.4, 0.5) is 10.2 Å². The Morgan fingerprint density at radius 3 is 2.91 bits per heavy atom. The van der Waals surface area contributed by atoms with Gasteiger partial charge in [0.05, 0.1) is 17.6 Å². The van der Waals surface area contributed by atoms with Crippen molar-refractivity contribution >= 4 is 16.9 Å². The molecule has 22 heavy (non-hydrogen) atoms. The number of hydrogen-bond acceptors (Lipinski definition) is 6. The van der Waals surface area contributed by atoms with Crippen molar-refractivity contribution in [2.75, 3.05) is 5.73 Å². The summed E-state index contributed by atoms with van der Waals surface area (Å²) in [4.78, 5) is 7.85. The summed E-state index contributed by atoms with van der Waals surface area (Å²) in [6.07, 6.45) is -0.0377. The lowest BCUT2D eigenvalue weighted by atomic mass is 9.98. The van der Waals surface area contributed by atoms with E-state index in [0.29, 0.717) is 12.1 Å². The minimum absolute atomic E-state index is 0.0533. The molecule has 0 saturated carbocycles. The molecule has 7 nitrogen and oxygen atoms in total. The van der Waals surface area contributed by atoms with Gasteiger partial charge in [0.15, 0.2) is 11.5 Å². The number of aromatic nitrogens is 3. The van der Waals surface area contributed by atoms with Crippen LogP contribution in [0, 0.1) is 11.7 Å². The average Bonchev–Trinajstić information content (AvgIpc) is 2.98. The zero-order chi connectivity index (χ0) is 16.0. The molecule has 2 aromatic rings. The Hall–Kier alpha value is -1.77. The molecular formula is C14H19FN4O3. The van der Waals surface area contributed by atoms with Gasteiger partial charge in [-0.1, -0.05) is 13.8 Å². The monoisotopic (exact) mass is 310 g/mol. The number of nitrogens with zero attached hydrogens (tertiary/aromatic N) is 3. The van der Waals surface area contributed by atoms with Crippen LogP contribution in [-0.2, 0) is 4.74 Å². The number of nitrogen functional groups attached to an aromatic ring is 1. The summed E-state index contributed by atoms with van der Waals surface area (Å²) >= 11 is 0. The van der Waals surface area contributed by atoms with Gasteiger partial charge in [-0.15, -0.1) is 0 Å². The van der Waals surface area contributed by atoms with Crippen molar-refractivity contribution in [3.8, 4) is 0 Å². The van der Waals surface area contributed by atoms with Gasteiger partial charge in [0, 0.05) is 12.1 Å². The van der Waals surface area contributed by atoms with Gasteiger partial charge in [-0.25, -0.2) is 14.4 Å². The van der Waals surface area contributed by atoms with Gasteiger partial charge in [0.1, 0.15) is 24.5 Å². The van der Waals surface area contributed by atoms with Crippen LogP contribution in [0.3, 0.4) is 0 Å². The maximum atomic E-state index is 14.1. The van der Waals surface area contributed by atoms with Crippen LogP contribution in [0.15, 0.2) is 12.5 Å². The van der Waals surface area contributed by atoms with Crippen LogP contribution in [0.1, 0.15) is 26.5 Å². The number of aliphatic hydroxyl groups excluding tert-OH is 2. The Morgan fingerprint density at radius 2 is 2.23 bits per heavy atom. The molecule has 0 spiro atoms. The summed E-state index contributed by atoms with van der Waals surface area (Å²) in [5, 5.41) is 20.4. The van der Waals surface area contributed by atoms with Crippen LogP contribution in [0.5, 0.6) is 0 Å². The first kappa shape index (κ1) is 15.1. The van der Waals surface area contributed by atoms with E-state index >= 15 is 0 Å². The van der Waals surface area contributed by atoms with Gasteiger partial charge in [-0.05, 0) is 6.42 Å². The minimum atomic E-state index is -0.848. The van der Waals surface area contributed by atoms with Crippen LogP contribution < -0.4 is 5.73 Å². The largest absolute Gasteiger partial charge is 0.390 e. The topological polar surface area (TPSA) is 106 Å². The number of aliphatic hydroxyl groups is 2. The summed E-state index contributed by atoms with van der Waals surface area (Å²) < 4.78 is 21.4. The van der Waals surface area contributed by atoms with Crippen LogP contribution in [0.2, 0.25) is 0 Å². The van der Waals surface area contributed by atoms with Crippen molar-refractivity contribution in [2.24, 2.45) is 5.92 Å². The average molecular weight is 310 g/mol. The van der Waals surface area contributed by atoms with E-state index in [1.54, 1.807) is 13.8 Å². The van der Waals surface area contributed by atoms with E-state index in [9.17, 15) is 14.6 Å². The second kappa shape index (κ2) is 5.45. The molecule has 2 aromatic heterocycles. The molecule has 3 heterocycles. The number of halogens is 1. The highest BCUT2D eigenvalue weighted by atomic mass is 19.1. The predicted octanol–water partition coefficient (Wildman–Crippen LogP) is 0.818. The van der Waals surface area contributed by atoms with Crippen molar-refractivity contribution in [1.82, 2.24) is 14.5 Å². The Labute approximate surface area is 126 Å². The first-order valence-corrected chi connectivity index (χ1v) is 7.23. The van der Waals surface area contributed by atoms with Crippen LogP contribution in [0.25, 0.3) is 11.0 Å². The van der Waals surface area contributed by atoms with Crippen molar-refractivity contribution in [3.05, 3.63) is 18.3 Å². The van der Waals surface area contributed by atoms with Crippen molar-refractivity contribution < 1.29 is 19.3 Å². The van der Waals surface area contributed by atoms with Gasteiger partial charge in [-0.2, -0.15) is 0 Å². The first-order valence-electron chi connectivity index (χ1n) is 7.23. The molecule has 1 aliphatic heterocycles. The normalized spacial score (nSPS) is 30.0. The van der Waals surface area contributed by atoms with E-state index in [4.69, 9.17) is 10.5 Å². The number of nitrogens with two attached hydrogens (primary N) is 1. The lowest BCUT2D eigenvalue weighted by molar-refractivity contribution is -0.0824. The third-order valence-electron chi connectivity index (χ3n) is 4.29. The third-order valence-corrected chi connectivity index (χ3v) is 4.29. The first-order chi connectivity index (χ1) is 10.5. The van der Waals surface area contributed by atoms with E-state index in [1.807, 2.05) is 0 Å². The number of ether oxygens (including phenoxy) is 1. The summed E-state index contributed by atoms with van der Waals surface area (Å²) in [5.74, 6) is -0.826. The summed E-state index contributed by atoms with van der Waals surface area (Å²) in [7, 11) is 0. The molecule has 1 fully saturated rings. The van der Waals surface area contributed by atoms with E-state index < -0.39 is 30.4 Å². The lowest BCUT2D eigenvalue weighted by Crippen LogP contribution is -2.35. The van der Waals surface area contributed by atoms with Gasteiger partial charge >= 0.3 is 0 Å². The zero-order valence-corrected chi connectivity index (χ0v) is 12.3. The van der Waals surface area contributed by atoms with Gasteiger partial charge in [0.25, 0.3) is 0 Å². The van der Waals surface area contributed by atoms with Gasteiger partial charge in [-0.3, -0.25) is 0 Å². The molecule has 3 rings (SSSR count). The molecular weight excluding hydrogens is 291 g/mol. The smallest absolute Gasteiger partial charge is 0.154 e. The van der Waals surface area contributed by atoms with Gasteiger partial charge in [0.2, 0.25) is 0 Å². The van der Waals surface area contributed by atoms with Crippen molar-refractivity contribution in [1.29, 1.82) is 0 Å². The maximum absolute atomic E-state index is 14.1. The molecule has 1 saturated heterocycles. The minimum Gasteiger partial charge on any atom is -0.390 e. The van der Waals surface area contributed by atoms with Crippen molar-refractivity contribution in [2.45, 2.75) is 44.8 Å². The molecule has 0 bridgehead atoms. The van der Waals surface area contributed by atoms with E-state index in [0.717, 1.165) is 0 Å². The van der Waals surface area contributed by atoms with E-state index in [2.05, 4.69) is 9.97 Å². The summed E-state index contributed by atoms with van der Waals surface area (Å²) in [6, 6.07) is 0. The van der Waals surface area contributed by atoms with E-state index in [1.165, 1.54) is 17.1 Å².